The van der Waals surface area contributed by atoms with Crippen LogP contribution in [0.15, 0.2) is 18.2 Å². The van der Waals surface area contributed by atoms with Gasteiger partial charge in [0.2, 0.25) is 10.0 Å². The summed E-state index contributed by atoms with van der Waals surface area (Å²) in [5.74, 6) is -2.43. The van der Waals surface area contributed by atoms with Crippen LogP contribution in [0.2, 0.25) is 0 Å². The van der Waals surface area contributed by atoms with Gasteiger partial charge in [-0.3, -0.25) is 9.52 Å². The maximum atomic E-state index is 13.2. The predicted octanol–water partition coefficient (Wildman–Crippen LogP) is 0.912. The molecule has 18 heavy (non-hydrogen) atoms. The van der Waals surface area contributed by atoms with E-state index < -0.39 is 32.6 Å². The Balaban J connectivity index is 3.18. The molecule has 0 fully saturated rings. The fraction of sp³-hybridized carbons (Fsp3) is 0.200. The Labute approximate surface area is 103 Å². The topological polar surface area (TPSA) is 107 Å². The van der Waals surface area contributed by atoms with Gasteiger partial charge in [-0.15, -0.1) is 0 Å². The van der Waals surface area contributed by atoms with E-state index in [1.54, 1.807) is 0 Å². The smallest absolute Gasteiger partial charge is 0.323 e. The summed E-state index contributed by atoms with van der Waals surface area (Å²) in [4.78, 5) is 10.6. The zero-order valence-corrected chi connectivity index (χ0v) is 10.0. The van der Waals surface area contributed by atoms with E-state index in [1.165, 1.54) is 18.2 Å². The molecule has 0 aliphatic carbocycles. The number of nitriles is 1. The van der Waals surface area contributed by atoms with Crippen molar-refractivity contribution in [2.75, 3.05) is 4.72 Å². The Morgan fingerprint density at radius 3 is 2.67 bits per heavy atom. The number of benzene rings is 1. The Morgan fingerprint density at radius 2 is 2.17 bits per heavy atom. The van der Waals surface area contributed by atoms with Crippen molar-refractivity contribution < 1.29 is 22.7 Å². The number of halogens is 1. The Hall–Kier alpha value is -2.14. The maximum Gasteiger partial charge on any atom is 0.323 e. The van der Waals surface area contributed by atoms with Crippen LogP contribution >= 0.6 is 0 Å². The molecule has 6 nitrogen and oxygen atoms in total. The van der Waals surface area contributed by atoms with E-state index in [0.29, 0.717) is 0 Å². The van der Waals surface area contributed by atoms with Crippen molar-refractivity contribution in [3.05, 3.63) is 29.6 Å². The number of hydrogen-bond acceptors (Lipinski definition) is 4. The van der Waals surface area contributed by atoms with E-state index in [1.807, 2.05) is 4.72 Å². The van der Waals surface area contributed by atoms with E-state index >= 15 is 0 Å². The molecular weight excluding hydrogens is 263 g/mol. The fourth-order valence-corrected chi connectivity index (χ4v) is 2.02. The molecule has 0 saturated carbocycles. The van der Waals surface area contributed by atoms with Gasteiger partial charge >= 0.3 is 5.97 Å². The van der Waals surface area contributed by atoms with Crippen LogP contribution in [-0.4, -0.2) is 24.7 Å². The Morgan fingerprint density at radius 1 is 1.56 bits per heavy atom. The first kappa shape index (κ1) is 13.9. The monoisotopic (exact) mass is 272 g/mol. The maximum absolute atomic E-state index is 13.2. The molecule has 8 heteroatoms. The molecule has 0 bridgehead atoms. The summed E-state index contributed by atoms with van der Waals surface area (Å²) in [5, 5.41) is 15.6. The van der Waals surface area contributed by atoms with Gasteiger partial charge in [-0.25, -0.2) is 12.8 Å². The molecule has 1 unspecified atom stereocenters. The standard InChI is InChI=1S/C10H9FN2O4S/c1-6(10(14)15)18(16,17)13-9-4-2-3-8(11)7(9)5-12/h2-4,6,13H,1H3,(H,14,15). The molecule has 2 N–H and O–H groups in total. The third kappa shape index (κ3) is 2.75. The lowest BCUT2D eigenvalue weighted by Crippen LogP contribution is -2.32. The first-order chi connectivity index (χ1) is 8.29. The molecule has 0 aromatic heterocycles. The zero-order chi connectivity index (χ0) is 13.9. The number of nitrogens with one attached hydrogen (secondary N) is 1. The lowest BCUT2D eigenvalue weighted by molar-refractivity contribution is -0.136. The van der Waals surface area contributed by atoms with E-state index in [-0.39, 0.29) is 5.69 Å². The number of hydrogen-bond donors (Lipinski definition) is 2. The Kier molecular flexibility index (Phi) is 3.88. The third-order valence-electron chi connectivity index (χ3n) is 2.19. The lowest BCUT2D eigenvalue weighted by atomic mass is 10.2. The molecule has 0 spiro atoms. The lowest BCUT2D eigenvalue weighted by Gasteiger charge is -2.12. The number of carboxylic acid groups (broad SMARTS) is 1. The molecule has 1 rings (SSSR count). The second kappa shape index (κ2) is 5.01. The molecular formula is C10H9FN2O4S. The number of carbonyl (C=O) groups is 1. The molecule has 1 aromatic rings. The second-order valence-electron chi connectivity index (χ2n) is 3.40. The number of sulfonamides is 1. The summed E-state index contributed by atoms with van der Waals surface area (Å²) in [6.45, 7) is 0.968. The summed E-state index contributed by atoms with van der Waals surface area (Å²) in [6.07, 6.45) is 0. The van der Waals surface area contributed by atoms with Gasteiger partial charge in [-0.2, -0.15) is 5.26 Å². The van der Waals surface area contributed by atoms with Gasteiger partial charge in [0.05, 0.1) is 5.69 Å². The highest BCUT2D eigenvalue weighted by molar-refractivity contribution is 7.94. The number of aliphatic carboxylic acids is 1. The average molecular weight is 272 g/mol. The molecule has 0 amide bonds. The van der Waals surface area contributed by atoms with Gasteiger partial charge in [0.25, 0.3) is 0 Å². The van der Waals surface area contributed by atoms with Gasteiger partial charge in [0.15, 0.2) is 5.25 Å². The number of carboxylic acids is 1. The number of anilines is 1. The van der Waals surface area contributed by atoms with Crippen molar-refractivity contribution in [1.29, 1.82) is 5.26 Å². The minimum Gasteiger partial charge on any atom is -0.480 e. The summed E-state index contributed by atoms with van der Waals surface area (Å²) in [7, 11) is -4.23. The highest BCUT2D eigenvalue weighted by atomic mass is 32.2. The van der Waals surface area contributed by atoms with Crippen molar-refractivity contribution in [3.63, 3.8) is 0 Å². The zero-order valence-electron chi connectivity index (χ0n) is 9.21. The van der Waals surface area contributed by atoms with Crippen molar-refractivity contribution in [1.82, 2.24) is 0 Å². The van der Waals surface area contributed by atoms with Crippen LogP contribution in [-0.2, 0) is 14.8 Å². The number of rotatable bonds is 4. The van der Waals surface area contributed by atoms with Crippen LogP contribution in [0.1, 0.15) is 12.5 Å². The minimum absolute atomic E-state index is 0.286. The van der Waals surface area contributed by atoms with Crippen molar-refractivity contribution in [2.45, 2.75) is 12.2 Å². The number of nitrogens with zero attached hydrogens (tertiary/aromatic N) is 1. The summed E-state index contributed by atoms with van der Waals surface area (Å²) in [6, 6.07) is 4.88. The highest BCUT2D eigenvalue weighted by Crippen LogP contribution is 2.20. The first-order valence-corrected chi connectivity index (χ1v) is 6.27. The van der Waals surface area contributed by atoms with Crippen LogP contribution in [0.3, 0.4) is 0 Å². The molecule has 0 aliphatic heterocycles. The van der Waals surface area contributed by atoms with Crippen LogP contribution in [0.4, 0.5) is 10.1 Å². The van der Waals surface area contributed by atoms with Gasteiger partial charge < -0.3 is 5.11 Å². The van der Waals surface area contributed by atoms with Crippen LogP contribution in [0.25, 0.3) is 0 Å². The second-order valence-corrected chi connectivity index (χ2v) is 5.40. The quantitative estimate of drug-likeness (QED) is 0.847. The Bertz CT molecular complexity index is 621. The molecule has 1 atom stereocenters. The van der Waals surface area contributed by atoms with E-state index in [0.717, 1.165) is 13.0 Å². The molecule has 1 aromatic carbocycles. The van der Waals surface area contributed by atoms with Crippen molar-refractivity contribution >= 4 is 21.7 Å². The molecule has 96 valence electrons. The van der Waals surface area contributed by atoms with E-state index in [9.17, 15) is 17.6 Å². The normalized spacial score (nSPS) is 12.5. The summed E-state index contributed by atoms with van der Waals surface area (Å²) >= 11 is 0. The van der Waals surface area contributed by atoms with Gasteiger partial charge in [0.1, 0.15) is 17.4 Å². The third-order valence-corrected chi connectivity index (χ3v) is 3.83. The summed E-state index contributed by atoms with van der Waals surface area (Å²) < 4.78 is 38.3. The van der Waals surface area contributed by atoms with Crippen molar-refractivity contribution in [3.8, 4) is 6.07 Å². The van der Waals surface area contributed by atoms with Crippen LogP contribution in [0.5, 0.6) is 0 Å². The van der Waals surface area contributed by atoms with Gasteiger partial charge in [-0.1, -0.05) is 6.07 Å². The van der Waals surface area contributed by atoms with Gasteiger partial charge in [0, 0.05) is 0 Å². The molecule has 0 aliphatic rings. The molecule has 0 heterocycles. The first-order valence-electron chi connectivity index (χ1n) is 4.72. The fourth-order valence-electron chi connectivity index (χ4n) is 1.10. The molecule has 0 radical (unpaired) electrons. The van der Waals surface area contributed by atoms with Gasteiger partial charge in [-0.05, 0) is 19.1 Å². The van der Waals surface area contributed by atoms with E-state index in [2.05, 4.69) is 0 Å². The SMILES string of the molecule is CC(C(=O)O)S(=O)(=O)Nc1cccc(F)c1C#N. The predicted molar refractivity (Wildman–Crippen MR) is 60.8 cm³/mol. The highest BCUT2D eigenvalue weighted by Gasteiger charge is 2.28. The average Bonchev–Trinajstić information content (AvgIpc) is 2.27. The van der Waals surface area contributed by atoms with Crippen molar-refractivity contribution in [2.24, 2.45) is 0 Å². The van der Waals surface area contributed by atoms with Crippen LogP contribution < -0.4 is 4.72 Å². The summed E-state index contributed by atoms with van der Waals surface area (Å²) in [5.41, 5.74) is -0.774. The molecule has 0 saturated heterocycles. The minimum atomic E-state index is -4.23. The van der Waals surface area contributed by atoms with E-state index in [4.69, 9.17) is 10.4 Å². The van der Waals surface area contributed by atoms with Crippen LogP contribution in [0, 0.1) is 17.1 Å². The largest absolute Gasteiger partial charge is 0.480 e.